The number of pyridine rings is 1. The van der Waals surface area contributed by atoms with Gasteiger partial charge < -0.3 is 10.1 Å². The van der Waals surface area contributed by atoms with Gasteiger partial charge in [-0.05, 0) is 84.3 Å². The summed E-state index contributed by atoms with van der Waals surface area (Å²) in [5.74, 6) is 0.599. The highest BCUT2D eigenvalue weighted by atomic mass is 16.5. The number of ether oxygens (including phenoxy) is 1. The number of hydrogen-bond acceptors (Lipinski definition) is 6. The zero-order valence-electron chi connectivity index (χ0n) is 17.5. The van der Waals surface area contributed by atoms with Crippen molar-refractivity contribution in [2.24, 2.45) is 0 Å². The van der Waals surface area contributed by atoms with Gasteiger partial charge in [0.15, 0.2) is 0 Å². The van der Waals surface area contributed by atoms with Crippen LogP contribution in [0.4, 0.5) is 5.69 Å². The van der Waals surface area contributed by atoms with E-state index in [9.17, 15) is 4.79 Å². The molecule has 4 aromatic rings. The van der Waals surface area contributed by atoms with E-state index in [2.05, 4.69) is 25.8 Å². The molecule has 8 heteroatoms. The molecule has 4 rings (SSSR count). The predicted octanol–water partition coefficient (Wildman–Crippen LogP) is 3.81. The Morgan fingerprint density at radius 3 is 2.52 bits per heavy atom. The summed E-state index contributed by atoms with van der Waals surface area (Å²) in [6.45, 7) is 6.24. The van der Waals surface area contributed by atoms with E-state index in [1.807, 2.05) is 63.2 Å². The molecule has 1 N–H and O–H groups in total. The van der Waals surface area contributed by atoms with E-state index in [4.69, 9.17) is 4.74 Å². The van der Waals surface area contributed by atoms with Crippen molar-refractivity contribution in [1.82, 2.24) is 25.2 Å². The zero-order chi connectivity index (χ0) is 21.8. The number of rotatable bonds is 6. The summed E-state index contributed by atoms with van der Waals surface area (Å²) in [5, 5.41) is 14.2. The highest BCUT2D eigenvalue weighted by molar-refractivity contribution is 6.04. The molecular weight excluding hydrogens is 392 g/mol. The average Bonchev–Trinajstić information content (AvgIpc) is 3.28. The van der Waals surface area contributed by atoms with Gasteiger partial charge in [-0.25, -0.2) is 4.68 Å². The summed E-state index contributed by atoms with van der Waals surface area (Å²) in [6, 6.07) is 13.1. The van der Waals surface area contributed by atoms with E-state index in [1.165, 1.54) is 6.33 Å². The van der Waals surface area contributed by atoms with Crippen molar-refractivity contribution in [3.05, 3.63) is 89.0 Å². The molecule has 31 heavy (non-hydrogen) atoms. The van der Waals surface area contributed by atoms with Gasteiger partial charge in [-0.2, -0.15) is 0 Å². The minimum atomic E-state index is -0.181. The third-order valence-corrected chi connectivity index (χ3v) is 4.88. The minimum absolute atomic E-state index is 0.181. The number of nitrogens with zero attached hydrogens (tertiary/aromatic N) is 5. The first-order valence-corrected chi connectivity index (χ1v) is 9.79. The number of nitrogens with one attached hydrogen (secondary N) is 1. The number of carbonyl (C=O) groups excluding carboxylic acids is 1. The number of aryl methyl sites for hydroxylation is 3. The summed E-state index contributed by atoms with van der Waals surface area (Å²) in [6.07, 6.45) is 5.04. The Morgan fingerprint density at radius 2 is 1.87 bits per heavy atom. The van der Waals surface area contributed by atoms with Crippen LogP contribution >= 0.6 is 0 Å². The second-order valence-corrected chi connectivity index (χ2v) is 7.30. The molecule has 2 heterocycles. The van der Waals surface area contributed by atoms with E-state index in [0.717, 1.165) is 33.7 Å². The van der Waals surface area contributed by atoms with Gasteiger partial charge in [0.25, 0.3) is 5.91 Å². The highest BCUT2D eigenvalue weighted by Gasteiger charge is 2.13. The molecule has 8 nitrogen and oxygen atoms in total. The molecule has 0 radical (unpaired) electrons. The molecule has 0 bridgehead atoms. The fourth-order valence-corrected chi connectivity index (χ4v) is 3.41. The SMILES string of the molecule is Cc1cc(NC(=O)c2cc(C)c(OCc3cccnc3)c(C)c2)ccc1-n1cnnn1. The molecule has 0 fully saturated rings. The summed E-state index contributed by atoms with van der Waals surface area (Å²) in [7, 11) is 0. The topological polar surface area (TPSA) is 94.8 Å². The van der Waals surface area contributed by atoms with Crippen molar-refractivity contribution >= 4 is 11.6 Å². The van der Waals surface area contributed by atoms with Crippen molar-refractivity contribution in [2.75, 3.05) is 5.32 Å². The minimum Gasteiger partial charge on any atom is -0.488 e. The lowest BCUT2D eigenvalue weighted by Crippen LogP contribution is -2.13. The molecule has 0 aliphatic carbocycles. The summed E-state index contributed by atoms with van der Waals surface area (Å²) < 4.78 is 7.56. The third-order valence-electron chi connectivity index (χ3n) is 4.88. The maximum Gasteiger partial charge on any atom is 0.255 e. The van der Waals surface area contributed by atoms with E-state index in [0.29, 0.717) is 17.9 Å². The predicted molar refractivity (Wildman–Crippen MR) is 116 cm³/mol. The van der Waals surface area contributed by atoms with E-state index in [1.54, 1.807) is 17.1 Å². The van der Waals surface area contributed by atoms with Gasteiger partial charge in [0, 0.05) is 29.2 Å². The standard InChI is InChI=1S/C23H22N6O2/c1-15-11-20(6-7-21(15)29-14-25-27-28-29)26-23(30)19-9-16(2)22(17(3)10-19)31-13-18-5-4-8-24-12-18/h4-12,14H,13H2,1-3H3,(H,26,30). The fourth-order valence-electron chi connectivity index (χ4n) is 3.41. The normalized spacial score (nSPS) is 10.7. The van der Waals surface area contributed by atoms with Crippen LogP contribution in [0.1, 0.15) is 32.6 Å². The van der Waals surface area contributed by atoms with Crippen LogP contribution in [-0.2, 0) is 6.61 Å². The molecule has 156 valence electrons. The smallest absolute Gasteiger partial charge is 0.255 e. The first-order chi connectivity index (χ1) is 15.0. The first-order valence-electron chi connectivity index (χ1n) is 9.79. The lowest BCUT2D eigenvalue weighted by atomic mass is 10.0. The van der Waals surface area contributed by atoms with Crippen LogP contribution in [0.2, 0.25) is 0 Å². The van der Waals surface area contributed by atoms with Gasteiger partial charge in [0.1, 0.15) is 18.7 Å². The maximum absolute atomic E-state index is 12.8. The lowest BCUT2D eigenvalue weighted by molar-refractivity contribution is 0.102. The van der Waals surface area contributed by atoms with Crippen LogP contribution in [0.5, 0.6) is 5.75 Å². The van der Waals surface area contributed by atoms with Gasteiger partial charge in [0.2, 0.25) is 0 Å². The maximum atomic E-state index is 12.8. The molecule has 0 spiro atoms. The summed E-state index contributed by atoms with van der Waals surface area (Å²) >= 11 is 0. The summed E-state index contributed by atoms with van der Waals surface area (Å²) in [4.78, 5) is 16.9. The van der Waals surface area contributed by atoms with Crippen LogP contribution in [-0.4, -0.2) is 31.1 Å². The number of hydrogen-bond donors (Lipinski definition) is 1. The highest BCUT2D eigenvalue weighted by Crippen LogP contribution is 2.26. The molecule has 2 aromatic heterocycles. The van der Waals surface area contributed by atoms with Crippen molar-refractivity contribution in [2.45, 2.75) is 27.4 Å². The first kappa shape index (κ1) is 20.2. The van der Waals surface area contributed by atoms with Crippen LogP contribution in [0, 0.1) is 20.8 Å². The Kier molecular flexibility index (Phi) is 5.70. The van der Waals surface area contributed by atoms with E-state index < -0.39 is 0 Å². The molecule has 0 saturated heterocycles. The van der Waals surface area contributed by atoms with Gasteiger partial charge in [-0.3, -0.25) is 9.78 Å². The monoisotopic (exact) mass is 414 g/mol. The molecule has 0 atom stereocenters. The van der Waals surface area contributed by atoms with Gasteiger partial charge >= 0.3 is 0 Å². The molecule has 0 saturated carbocycles. The quantitative estimate of drug-likeness (QED) is 0.515. The number of benzene rings is 2. The molecule has 0 aliphatic heterocycles. The van der Waals surface area contributed by atoms with Crippen molar-refractivity contribution in [1.29, 1.82) is 0 Å². The van der Waals surface area contributed by atoms with Crippen LogP contribution in [0.15, 0.2) is 61.2 Å². The number of aromatic nitrogens is 5. The second-order valence-electron chi connectivity index (χ2n) is 7.30. The van der Waals surface area contributed by atoms with Crippen molar-refractivity contribution in [3.8, 4) is 11.4 Å². The van der Waals surface area contributed by atoms with Gasteiger partial charge in [-0.15, -0.1) is 5.10 Å². The zero-order valence-corrected chi connectivity index (χ0v) is 17.5. The van der Waals surface area contributed by atoms with Gasteiger partial charge in [0.05, 0.1) is 5.69 Å². The molecular formula is C23H22N6O2. The lowest BCUT2D eigenvalue weighted by Gasteiger charge is -2.14. The largest absolute Gasteiger partial charge is 0.488 e. The van der Waals surface area contributed by atoms with Crippen LogP contribution in [0.3, 0.4) is 0 Å². The Balaban J connectivity index is 1.48. The number of anilines is 1. The second kappa shape index (κ2) is 8.74. The van der Waals surface area contributed by atoms with Crippen molar-refractivity contribution < 1.29 is 9.53 Å². The Morgan fingerprint density at radius 1 is 1.06 bits per heavy atom. The summed E-state index contributed by atoms with van der Waals surface area (Å²) in [5.41, 5.74) is 5.86. The molecule has 2 aromatic carbocycles. The average molecular weight is 414 g/mol. The van der Waals surface area contributed by atoms with E-state index >= 15 is 0 Å². The Hall–Kier alpha value is -4.07. The Labute approximate surface area is 179 Å². The molecule has 1 amide bonds. The van der Waals surface area contributed by atoms with Gasteiger partial charge in [-0.1, -0.05) is 6.07 Å². The van der Waals surface area contributed by atoms with Crippen molar-refractivity contribution in [3.63, 3.8) is 0 Å². The molecule has 0 aliphatic rings. The fraction of sp³-hybridized carbons (Fsp3) is 0.174. The number of amides is 1. The third kappa shape index (κ3) is 4.58. The Bertz CT molecular complexity index is 1180. The van der Waals surface area contributed by atoms with E-state index in [-0.39, 0.29) is 5.91 Å². The van der Waals surface area contributed by atoms with Crippen LogP contribution in [0.25, 0.3) is 5.69 Å². The van der Waals surface area contributed by atoms with Crippen LogP contribution < -0.4 is 10.1 Å². The number of carbonyl (C=O) groups is 1. The number of tetrazole rings is 1. The molecule has 0 unspecified atom stereocenters.